The predicted octanol–water partition coefficient (Wildman–Crippen LogP) is 5.77. The van der Waals surface area contributed by atoms with E-state index in [9.17, 15) is 0 Å². The topological polar surface area (TPSA) is 88.8 Å². The van der Waals surface area contributed by atoms with E-state index in [1.54, 1.807) is 18.2 Å². The van der Waals surface area contributed by atoms with Crippen molar-refractivity contribution in [2.45, 2.75) is 6.92 Å². The highest BCUT2D eigenvalue weighted by atomic mass is 35.5. The van der Waals surface area contributed by atoms with E-state index in [2.05, 4.69) is 31.7 Å². The molecule has 2 aromatic heterocycles. The molecular weight excluding hydrogens is 403 g/mol. The van der Waals surface area contributed by atoms with Gasteiger partial charge in [-0.25, -0.2) is 15.0 Å². The molecule has 4 rings (SSSR count). The number of benzene rings is 2. The first-order valence-electron chi connectivity index (χ1n) is 7.97. The third-order valence-electron chi connectivity index (χ3n) is 3.86. The Hall–Kier alpha value is -2.61. The minimum atomic E-state index is 0.351. The van der Waals surface area contributed by atoms with E-state index >= 15 is 0 Å². The maximum absolute atomic E-state index is 6.24. The first-order chi connectivity index (χ1) is 13.0. The number of nitrogens with two attached hydrogens (primary N) is 1. The first kappa shape index (κ1) is 17.8. The van der Waals surface area contributed by atoms with Gasteiger partial charge in [0.15, 0.2) is 16.8 Å². The summed E-state index contributed by atoms with van der Waals surface area (Å²) in [4.78, 5) is 13.0. The number of fused-ring (bicyclic) bond motifs is 1. The Labute approximate surface area is 169 Å². The van der Waals surface area contributed by atoms with Crippen LogP contribution in [0.4, 0.5) is 28.1 Å². The average Bonchev–Trinajstić information content (AvgIpc) is 3.03. The van der Waals surface area contributed by atoms with Crippen LogP contribution in [0.15, 0.2) is 42.7 Å². The smallest absolute Gasteiger partial charge is 0.189 e. The number of anilines is 5. The predicted molar refractivity (Wildman–Crippen MR) is 114 cm³/mol. The second-order valence-corrected chi connectivity index (χ2v) is 7.64. The molecule has 2 heterocycles. The summed E-state index contributed by atoms with van der Waals surface area (Å²) >= 11 is 13.8. The Balaban J connectivity index is 1.64. The molecule has 0 unspecified atom stereocenters. The Kier molecular flexibility index (Phi) is 4.73. The molecule has 27 heavy (non-hydrogen) atoms. The quantitative estimate of drug-likeness (QED) is 0.391. The van der Waals surface area contributed by atoms with Crippen LogP contribution >= 0.6 is 34.5 Å². The van der Waals surface area contributed by atoms with Crippen LogP contribution in [-0.2, 0) is 0 Å². The molecule has 0 aliphatic carbocycles. The zero-order valence-corrected chi connectivity index (χ0v) is 16.5. The summed E-state index contributed by atoms with van der Waals surface area (Å²) in [5.74, 6) is 0.884. The average molecular weight is 417 g/mol. The van der Waals surface area contributed by atoms with Gasteiger partial charge in [-0.2, -0.15) is 0 Å². The van der Waals surface area contributed by atoms with Gasteiger partial charge in [-0.05, 0) is 36.8 Å². The lowest BCUT2D eigenvalue weighted by atomic mass is 10.2. The van der Waals surface area contributed by atoms with Crippen molar-refractivity contribution in [3.05, 3.63) is 58.3 Å². The Morgan fingerprint density at radius 1 is 1.04 bits per heavy atom. The molecular formula is C18H14Cl2N6S. The van der Waals surface area contributed by atoms with Crippen molar-refractivity contribution in [1.82, 2.24) is 15.0 Å². The lowest BCUT2D eigenvalue weighted by molar-refractivity contribution is 1.17. The Morgan fingerprint density at radius 2 is 1.81 bits per heavy atom. The molecule has 2 aromatic carbocycles. The fourth-order valence-electron chi connectivity index (χ4n) is 2.51. The van der Waals surface area contributed by atoms with Crippen molar-refractivity contribution in [2.75, 3.05) is 16.4 Å². The molecule has 6 nitrogen and oxygen atoms in total. The highest BCUT2D eigenvalue weighted by molar-refractivity contribution is 7.22. The lowest BCUT2D eigenvalue weighted by Crippen LogP contribution is -2.05. The molecule has 0 spiro atoms. The fourth-order valence-corrected chi connectivity index (χ4v) is 3.82. The second kappa shape index (κ2) is 7.19. The second-order valence-electron chi connectivity index (χ2n) is 5.83. The molecule has 0 fully saturated rings. The van der Waals surface area contributed by atoms with Crippen LogP contribution in [0.25, 0.3) is 10.2 Å². The molecule has 0 radical (unpaired) electrons. The minimum Gasteiger partial charge on any atom is -0.393 e. The maximum Gasteiger partial charge on any atom is 0.189 e. The number of halogens is 2. The fraction of sp³-hybridized carbons (Fsp3) is 0.0556. The van der Waals surface area contributed by atoms with E-state index in [4.69, 9.17) is 28.9 Å². The normalized spacial score (nSPS) is 10.9. The minimum absolute atomic E-state index is 0.351. The molecule has 0 atom stereocenters. The maximum atomic E-state index is 6.24. The standard InChI is InChI=1S/C18H14Cl2N6S/c1-9-5-6-11-13(7-9)27-18(25-11)26-17-15(21)16(22-8-23-17)24-12-4-2-3-10(19)14(12)20/h2-8H,21H2,1H3,(H2,22,23,24,25,26). The number of nitrogens with zero attached hydrogens (tertiary/aromatic N) is 3. The number of aryl methyl sites for hydroxylation is 1. The summed E-state index contributed by atoms with van der Waals surface area (Å²) in [6, 6.07) is 11.4. The lowest BCUT2D eigenvalue weighted by Gasteiger charge is -2.12. The van der Waals surface area contributed by atoms with Gasteiger partial charge in [0.05, 0.1) is 25.9 Å². The molecule has 4 N–H and O–H groups in total. The van der Waals surface area contributed by atoms with Gasteiger partial charge in [0, 0.05) is 0 Å². The molecule has 0 aliphatic heterocycles. The number of hydrogen-bond acceptors (Lipinski definition) is 7. The zero-order valence-electron chi connectivity index (χ0n) is 14.1. The third kappa shape index (κ3) is 3.62. The number of nitrogen functional groups attached to an aromatic ring is 1. The molecule has 4 aromatic rings. The zero-order chi connectivity index (χ0) is 19.0. The van der Waals surface area contributed by atoms with Gasteiger partial charge in [-0.1, -0.05) is 46.7 Å². The Morgan fingerprint density at radius 3 is 2.63 bits per heavy atom. The van der Waals surface area contributed by atoms with Crippen molar-refractivity contribution in [1.29, 1.82) is 0 Å². The van der Waals surface area contributed by atoms with Crippen molar-refractivity contribution in [3.63, 3.8) is 0 Å². The van der Waals surface area contributed by atoms with Gasteiger partial charge in [0.2, 0.25) is 0 Å². The SMILES string of the molecule is Cc1ccc2nc(Nc3ncnc(Nc4cccc(Cl)c4Cl)c3N)sc2c1. The number of aromatic nitrogens is 3. The molecule has 0 bridgehead atoms. The van der Waals surface area contributed by atoms with E-state index in [0.29, 0.717) is 38.2 Å². The summed E-state index contributed by atoms with van der Waals surface area (Å²) in [5, 5.41) is 7.80. The van der Waals surface area contributed by atoms with Crippen LogP contribution in [-0.4, -0.2) is 15.0 Å². The van der Waals surface area contributed by atoms with Crippen LogP contribution in [0.3, 0.4) is 0 Å². The largest absolute Gasteiger partial charge is 0.393 e. The van der Waals surface area contributed by atoms with Gasteiger partial charge >= 0.3 is 0 Å². The van der Waals surface area contributed by atoms with E-state index < -0.39 is 0 Å². The van der Waals surface area contributed by atoms with Gasteiger partial charge in [-0.3, -0.25) is 0 Å². The summed E-state index contributed by atoms with van der Waals surface area (Å²) < 4.78 is 1.09. The van der Waals surface area contributed by atoms with Crippen LogP contribution in [0.5, 0.6) is 0 Å². The summed E-state index contributed by atoms with van der Waals surface area (Å²) in [6.45, 7) is 2.05. The molecule has 0 amide bonds. The summed E-state index contributed by atoms with van der Waals surface area (Å²) in [7, 11) is 0. The Bertz CT molecular complexity index is 1140. The number of nitrogens with one attached hydrogen (secondary N) is 2. The van der Waals surface area contributed by atoms with E-state index in [-0.39, 0.29) is 0 Å². The molecule has 0 saturated carbocycles. The van der Waals surface area contributed by atoms with E-state index in [1.165, 1.54) is 23.2 Å². The van der Waals surface area contributed by atoms with Gasteiger partial charge in [0.25, 0.3) is 0 Å². The van der Waals surface area contributed by atoms with Crippen LogP contribution in [0.2, 0.25) is 10.0 Å². The third-order valence-corrected chi connectivity index (χ3v) is 5.61. The van der Waals surface area contributed by atoms with Crippen molar-refractivity contribution >= 4 is 72.9 Å². The highest BCUT2D eigenvalue weighted by Crippen LogP contribution is 2.35. The van der Waals surface area contributed by atoms with Gasteiger partial charge in [0.1, 0.15) is 12.0 Å². The van der Waals surface area contributed by atoms with Crippen molar-refractivity contribution in [2.24, 2.45) is 0 Å². The number of hydrogen-bond donors (Lipinski definition) is 3. The van der Waals surface area contributed by atoms with Gasteiger partial charge < -0.3 is 16.4 Å². The summed E-state index contributed by atoms with van der Waals surface area (Å²) in [5.41, 5.74) is 9.30. The molecule has 0 aliphatic rings. The van der Waals surface area contributed by atoms with E-state index in [1.807, 2.05) is 19.1 Å². The van der Waals surface area contributed by atoms with Crippen LogP contribution in [0, 0.1) is 6.92 Å². The van der Waals surface area contributed by atoms with Crippen LogP contribution in [0.1, 0.15) is 5.56 Å². The monoisotopic (exact) mass is 416 g/mol. The van der Waals surface area contributed by atoms with Crippen molar-refractivity contribution in [3.8, 4) is 0 Å². The van der Waals surface area contributed by atoms with Gasteiger partial charge in [-0.15, -0.1) is 0 Å². The number of thiazole rings is 1. The van der Waals surface area contributed by atoms with Crippen LogP contribution < -0.4 is 16.4 Å². The first-order valence-corrected chi connectivity index (χ1v) is 9.54. The molecule has 9 heteroatoms. The van der Waals surface area contributed by atoms with E-state index in [0.717, 1.165) is 10.2 Å². The van der Waals surface area contributed by atoms with Crippen molar-refractivity contribution < 1.29 is 0 Å². The highest BCUT2D eigenvalue weighted by Gasteiger charge is 2.13. The number of rotatable bonds is 4. The molecule has 0 saturated heterocycles. The molecule has 136 valence electrons. The summed E-state index contributed by atoms with van der Waals surface area (Å²) in [6.07, 6.45) is 1.41.